The minimum Gasteiger partial charge on any atom is -0.469 e. The lowest BCUT2D eigenvalue weighted by Gasteiger charge is -2.57. The Morgan fingerprint density at radius 3 is 1.88 bits per heavy atom. The fourth-order valence-electron chi connectivity index (χ4n) is 14.8. The lowest BCUT2D eigenvalue weighted by Crippen LogP contribution is -2.47. The largest absolute Gasteiger partial charge is 0.469 e. The van der Waals surface area contributed by atoms with Crippen molar-refractivity contribution in [1.82, 2.24) is 0 Å². The summed E-state index contributed by atoms with van der Waals surface area (Å²) < 4.78 is 4.87. The van der Waals surface area contributed by atoms with Gasteiger partial charge in [-0.3, -0.25) is 4.79 Å². The van der Waals surface area contributed by atoms with Crippen LogP contribution in [0.2, 0.25) is 0 Å². The van der Waals surface area contributed by atoms with Crippen LogP contribution in [-0.2, 0) is 9.53 Å². The molecule has 0 aromatic rings. The van der Waals surface area contributed by atoms with Gasteiger partial charge in [0.05, 0.1) is 7.11 Å². The van der Waals surface area contributed by atoms with E-state index in [0.29, 0.717) is 34.0 Å². The summed E-state index contributed by atoms with van der Waals surface area (Å²) in [6.07, 6.45) is 32.9. The van der Waals surface area contributed by atoms with Crippen molar-refractivity contribution in [3.8, 4) is 0 Å². The summed E-state index contributed by atoms with van der Waals surface area (Å²) in [4.78, 5) is 11.6. The molecule has 0 heterocycles. The molecular formula is C49H78O2. The maximum atomic E-state index is 11.6. The fraction of sp³-hybridized carbons (Fsp3) is 0.816. The topological polar surface area (TPSA) is 26.3 Å². The highest BCUT2D eigenvalue weighted by Crippen LogP contribution is 2.67. The number of allylic oxidation sites excluding steroid dienone is 8. The summed E-state index contributed by atoms with van der Waals surface area (Å²) in [6.45, 7) is 19.9. The molecule has 0 radical (unpaired) electrons. The summed E-state index contributed by atoms with van der Waals surface area (Å²) in [5, 5.41) is 0. The molecule has 8 aliphatic rings. The van der Waals surface area contributed by atoms with Crippen molar-refractivity contribution < 1.29 is 9.53 Å². The van der Waals surface area contributed by atoms with Gasteiger partial charge in [-0.05, 0) is 185 Å². The molecule has 286 valence electrons. The zero-order valence-corrected chi connectivity index (χ0v) is 33.8. The lowest BCUT2D eigenvalue weighted by atomic mass is 9.48. The molecule has 0 spiro atoms. The third kappa shape index (κ3) is 6.43. The fourth-order valence-corrected chi connectivity index (χ4v) is 14.8. The molecule has 0 N–H and O–H groups in total. The summed E-state index contributed by atoms with van der Waals surface area (Å²) in [7, 11) is 1.50. The molecule has 0 aromatic carbocycles. The van der Waals surface area contributed by atoms with Crippen molar-refractivity contribution >= 4 is 5.97 Å². The maximum absolute atomic E-state index is 11.6. The van der Waals surface area contributed by atoms with Crippen molar-refractivity contribution in [2.24, 2.45) is 74.9 Å². The van der Waals surface area contributed by atoms with Gasteiger partial charge in [-0.15, -0.1) is 0 Å². The van der Waals surface area contributed by atoms with E-state index in [2.05, 4.69) is 79.7 Å². The SMILES string of the molecule is C.C/C=C1/CCC2C3CC[C@@H]4C[C@H](C)CC[C@]4(C)C3=CC[C@]12C.COC(=O)CC[C@@H](C)C1=CCC2C3CC[C@@H]4C[C@H](C)CC[C@]4(C)C3=CC[C@]12C. The molecule has 0 bridgehead atoms. The third-order valence-electron chi connectivity index (χ3n) is 18.0. The first-order valence-corrected chi connectivity index (χ1v) is 21.6. The lowest BCUT2D eigenvalue weighted by molar-refractivity contribution is -0.140. The van der Waals surface area contributed by atoms with E-state index in [0.717, 1.165) is 53.8 Å². The maximum Gasteiger partial charge on any atom is 0.305 e. The van der Waals surface area contributed by atoms with Gasteiger partial charge in [-0.25, -0.2) is 0 Å². The molecule has 13 atom stereocenters. The first-order valence-electron chi connectivity index (χ1n) is 21.6. The Bertz CT molecular complexity index is 1430. The molecule has 0 aliphatic heterocycles. The molecule has 5 fully saturated rings. The minimum atomic E-state index is -0.0734. The monoisotopic (exact) mass is 699 g/mol. The van der Waals surface area contributed by atoms with E-state index in [1.54, 1.807) is 11.1 Å². The van der Waals surface area contributed by atoms with Crippen LogP contribution in [0.25, 0.3) is 0 Å². The normalized spacial score (nSPS) is 46.5. The number of carbonyl (C=O) groups excluding carboxylic acids is 1. The average molecular weight is 699 g/mol. The molecule has 0 aromatic heterocycles. The number of rotatable bonds is 4. The van der Waals surface area contributed by atoms with Crippen LogP contribution >= 0.6 is 0 Å². The second-order valence-corrected chi connectivity index (χ2v) is 20.4. The molecule has 0 saturated heterocycles. The van der Waals surface area contributed by atoms with Crippen LogP contribution in [-0.4, -0.2) is 13.1 Å². The van der Waals surface area contributed by atoms with Crippen molar-refractivity contribution in [2.45, 2.75) is 172 Å². The van der Waals surface area contributed by atoms with Gasteiger partial charge in [-0.1, -0.05) is 102 Å². The predicted octanol–water partition coefficient (Wildman–Crippen LogP) is 13.9. The van der Waals surface area contributed by atoms with E-state index in [1.807, 2.05) is 11.1 Å². The Kier molecular flexibility index (Phi) is 11.2. The van der Waals surface area contributed by atoms with Gasteiger partial charge in [0.25, 0.3) is 0 Å². The first-order chi connectivity index (χ1) is 23.8. The van der Waals surface area contributed by atoms with Gasteiger partial charge in [0.15, 0.2) is 0 Å². The van der Waals surface area contributed by atoms with E-state index in [-0.39, 0.29) is 13.4 Å². The molecule has 4 unspecified atom stereocenters. The van der Waals surface area contributed by atoms with Crippen LogP contribution in [0.3, 0.4) is 0 Å². The predicted molar refractivity (Wildman–Crippen MR) is 216 cm³/mol. The Morgan fingerprint density at radius 1 is 0.784 bits per heavy atom. The zero-order valence-electron chi connectivity index (χ0n) is 33.8. The van der Waals surface area contributed by atoms with Crippen LogP contribution in [0.1, 0.15) is 172 Å². The van der Waals surface area contributed by atoms with Crippen molar-refractivity contribution in [3.05, 3.63) is 46.6 Å². The Labute approximate surface area is 315 Å². The van der Waals surface area contributed by atoms with Gasteiger partial charge >= 0.3 is 5.97 Å². The summed E-state index contributed by atoms with van der Waals surface area (Å²) in [5.41, 5.74) is 8.96. The summed E-state index contributed by atoms with van der Waals surface area (Å²) >= 11 is 0. The molecule has 8 aliphatic carbocycles. The van der Waals surface area contributed by atoms with Crippen LogP contribution < -0.4 is 0 Å². The third-order valence-corrected chi connectivity index (χ3v) is 18.0. The van der Waals surface area contributed by atoms with E-state index >= 15 is 0 Å². The molecule has 8 rings (SSSR count). The van der Waals surface area contributed by atoms with E-state index in [4.69, 9.17) is 4.74 Å². The number of hydrogen-bond acceptors (Lipinski definition) is 2. The number of ether oxygens (including phenoxy) is 1. The molecule has 2 heteroatoms. The highest BCUT2D eigenvalue weighted by molar-refractivity contribution is 5.69. The van der Waals surface area contributed by atoms with Gasteiger partial charge < -0.3 is 4.74 Å². The van der Waals surface area contributed by atoms with Gasteiger partial charge in [0.2, 0.25) is 0 Å². The van der Waals surface area contributed by atoms with Crippen molar-refractivity contribution in [3.63, 3.8) is 0 Å². The Morgan fingerprint density at radius 2 is 1.33 bits per heavy atom. The van der Waals surface area contributed by atoms with Crippen LogP contribution in [0.5, 0.6) is 0 Å². The Balaban J connectivity index is 0.000000177. The van der Waals surface area contributed by atoms with E-state index in [9.17, 15) is 4.79 Å². The highest BCUT2D eigenvalue weighted by atomic mass is 16.5. The van der Waals surface area contributed by atoms with E-state index in [1.165, 1.54) is 103 Å². The summed E-state index contributed by atoms with van der Waals surface area (Å²) in [5.74, 6) is 7.59. The average Bonchev–Trinajstić information content (AvgIpc) is 3.64. The molecule has 51 heavy (non-hydrogen) atoms. The second-order valence-electron chi connectivity index (χ2n) is 20.4. The number of carbonyl (C=O) groups is 1. The second kappa shape index (κ2) is 14.6. The van der Waals surface area contributed by atoms with Gasteiger partial charge in [-0.2, -0.15) is 0 Å². The quantitative estimate of drug-likeness (QED) is 0.216. The minimum absolute atomic E-state index is 0. The van der Waals surface area contributed by atoms with Gasteiger partial charge in [0.1, 0.15) is 0 Å². The van der Waals surface area contributed by atoms with Crippen LogP contribution in [0.15, 0.2) is 46.6 Å². The first kappa shape index (κ1) is 39.1. The van der Waals surface area contributed by atoms with Crippen LogP contribution in [0.4, 0.5) is 0 Å². The van der Waals surface area contributed by atoms with E-state index < -0.39 is 0 Å². The summed E-state index contributed by atoms with van der Waals surface area (Å²) in [6, 6.07) is 0. The smallest absolute Gasteiger partial charge is 0.305 e. The number of methoxy groups -OCH3 is 1. The molecular weight excluding hydrogens is 621 g/mol. The van der Waals surface area contributed by atoms with Crippen molar-refractivity contribution in [2.75, 3.05) is 7.11 Å². The molecule has 5 saturated carbocycles. The van der Waals surface area contributed by atoms with Crippen molar-refractivity contribution in [1.29, 1.82) is 0 Å². The molecule has 2 nitrogen and oxygen atoms in total. The molecule has 0 amide bonds. The number of fused-ring (bicyclic) bond motifs is 10. The standard InChI is InChI=1S/C26H40O2.C22H34.CH4/c1-17-12-14-25(3)19(16-17)7-8-20-22-10-9-21(18(2)6-11-24(27)28-5)26(22,4)15-13-23(20)25;1-5-16-7-9-19-18-8-6-17-14-15(2)10-12-22(17,4)20(18)11-13-21(16,19)3;/h9,13,17-20,22H,6-8,10-12,14-16H2,1-5H3;5,11,15,17-19H,6-10,12-14H2,1-4H3;1H4/b;16-5-;/t17-,18-,19-,20?,22?,25+,26-;15-,17-,18?,19?,21-,22+;/m11./s1. The number of esters is 1. The highest BCUT2D eigenvalue weighted by Gasteiger charge is 2.57. The Hall–Kier alpha value is -1.57. The number of hydrogen-bond donors (Lipinski definition) is 0. The van der Waals surface area contributed by atoms with Crippen LogP contribution in [0, 0.1) is 74.9 Å². The van der Waals surface area contributed by atoms with Gasteiger partial charge in [0, 0.05) is 6.42 Å². The zero-order chi connectivity index (χ0) is 35.6.